The molecule has 4 aliphatic rings. The molecule has 0 amide bonds. The lowest BCUT2D eigenvalue weighted by atomic mass is 9.69. The molecule has 0 aromatic carbocycles. The van der Waals surface area contributed by atoms with E-state index in [1.165, 1.54) is 0 Å². The van der Waals surface area contributed by atoms with Crippen LogP contribution in [0.2, 0.25) is 0 Å². The highest BCUT2D eigenvalue weighted by atomic mass is 35.5. The Hall–Kier alpha value is 0.01000. The zero-order valence-corrected chi connectivity index (χ0v) is 17.1. The van der Waals surface area contributed by atoms with Gasteiger partial charge in [0.15, 0.2) is 0 Å². The summed E-state index contributed by atoms with van der Waals surface area (Å²) in [6, 6.07) is 0.740. The van der Waals surface area contributed by atoms with Gasteiger partial charge < -0.3 is 15.2 Å². The van der Waals surface area contributed by atoms with Gasteiger partial charge in [-0.2, -0.15) is 0 Å². The molecular weight excluding hydrogens is 366 g/mol. The maximum atomic E-state index is 10.6. The van der Waals surface area contributed by atoms with Crippen LogP contribution in [0.1, 0.15) is 25.7 Å². The number of hydrogen-bond acceptors (Lipinski definition) is 7. The van der Waals surface area contributed by atoms with Gasteiger partial charge in [0.25, 0.3) is 0 Å². The number of piperidine rings is 1. The minimum atomic E-state index is -0.298. The summed E-state index contributed by atoms with van der Waals surface area (Å²) in [4.78, 5) is 2.38. The first-order valence-electron chi connectivity index (χ1n) is 10.7. The molecule has 3 heterocycles. The van der Waals surface area contributed by atoms with Gasteiger partial charge in [0, 0.05) is 48.9 Å². The van der Waals surface area contributed by atoms with Gasteiger partial charge in [0.2, 0.25) is 0 Å². The molecule has 5 N–H and O–H groups in total. The van der Waals surface area contributed by atoms with E-state index in [1.807, 2.05) is 0 Å². The van der Waals surface area contributed by atoms with E-state index < -0.39 is 0 Å². The van der Waals surface area contributed by atoms with Crippen LogP contribution in [0.15, 0.2) is 0 Å². The monoisotopic (exact) mass is 401 g/mol. The van der Waals surface area contributed by atoms with Crippen LogP contribution in [-0.2, 0) is 4.74 Å². The summed E-state index contributed by atoms with van der Waals surface area (Å²) in [5.41, 5.74) is 7.14. The van der Waals surface area contributed by atoms with Gasteiger partial charge in [-0.1, -0.05) is 0 Å². The normalized spacial score (nSPS) is 46.8. The van der Waals surface area contributed by atoms with Crippen molar-refractivity contribution in [2.75, 3.05) is 46.4 Å². The van der Waals surface area contributed by atoms with E-state index in [1.54, 1.807) is 0 Å². The number of ether oxygens (including phenoxy) is 1. The molecule has 0 radical (unpaired) electrons. The van der Waals surface area contributed by atoms with Crippen molar-refractivity contribution >= 4 is 11.6 Å². The molecule has 4 rings (SSSR count). The van der Waals surface area contributed by atoms with Gasteiger partial charge in [0.05, 0.1) is 25.5 Å². The van der Waals surface area contributed by atoms with Crippen LogP contribution in [0.4, 0.5) is 0 Å². The second-order valence-electron chi connectivity index (χ2n) is 8.87. The Balaban J connectivity index is 1.37. The molecular formula is C19H36ClN5O2. The Morgan fingerprint density at radius 2 is 2.07 bits per heavy atom. The quantitative estimate of drug-likeness (QED) is 0.414. The van der Waals surface area contributed by atoms with Crippen LogP contribution < -0.4 is 21.5 Å². The van der Waals surface area contributed by atoms with Gasteiger partial charge in [-0.15, -0.1) is 11.6 Å². The second kappa shape index (κ2) is 9.22. The summed E-state index contributed by atoms with van der Waals surface area (Å²) in [5.74, 6) is 1.37. The molecule has 1 saturated carbocycles. The molecule has 156 valence electrons. The fourth-order valence-electron chi connectivity index (χ4n) is 5.50. The van der Waals surface area contributed by atoms with Crippen molar-refractivity contribution in [2.24, 2.45) is 17.8 Å². The number of likely N-dealkylation sites (N-methyl/N-ethyl adjacent to an activating group) is 1. The van der Waals surface area contributed by atoms with Gasteiger partial charge >= 0.3 is 0 Å². The van der Waals surface area contributed by atoms with Crippen molar-refractivity contribution in [1.82, 2.24) is 26.4 Å². The van der Waals surface area contributed by atoms with Gasteiger partial charge in [-0.25, -0.2) is 5.43 Å². The lowest BCUT2D eigenvalue weighted by Gasteiger charge is -2.51. The number of morpholine rings is 1. The third kappa shape index (κ3) is 4.61. The highest BCUT2D eigenvalue weighted by Crippen LogP contribution is 2.38. The number of alkyl halides is 1. The van der Waals surface area contributed by atoms with Gasteiger partial charge in [0.1, 0.15) is 0 Å². The second-order valence-corrected chi connectivity index (χ2v) is 9.49. The average molecular weight is 402 g/mol. The maximum Gasteiger partial charge on any atom is 0.0748 e. The van der Waals surface area contributed by atoms with Crippen LogP contribution >= 0.6 is 11.6 Å². The summed E-state index contributed by atoms with van der Waals surface area (Å²) in [6.07, 6.45) is 3.82. The molecule has 0 aromatic rings. The van der Waals surface area contributed by atoms with Gasteiger partial charge in [-0.05, 0) is 45.2 Å². The Morgan fingerprint density at radius 3 is 2.89 bits per heavy atom. The standard InChI is InChI=1S/C19H36ClN5O2/c1-25-6-7-27-11-13(25)9-22-19-16-10-21-5-4-14(16)18(23-24-19)15-3-2-12(20)8-17(15)26/h12-19,21-24,26H,2-11H2,1H3/t12?,13-,14?,15?,16?,17?,18?,19?/m1/s1. The molecule has 27 heavy (non-hydrogen) atoms. The minimum Gasteiger partial charge on any atom is -0.393 e. The van der Waals surface area contributed by atoms with E-state index in [0.29, 0.717) is 23.9 Å². The number of halogens is 1. The molecule has 1 aliphatic carbocycles. The summed E-state index contributed by atoms with van der Waals surface area (Å²) in [7, 11) is 2.18. The van der Waals surface area contributed by atoms with E-state index in [0.717, 1.165) is 65.1 Å². The topological polar surface area (TPSA) is 80.8 Å². The largest absolute Gasteiger partial charge is 0.393 e. The lowest BCUT2D eigenvalue weighted by Crippen LogP contribution is -2.71. The van der Waals surface area contributed by atoms with Crippen LogP contribution in [0.5, 0.6) is 0 Å². The minimum absolute atomic E-state index is 0.126. The van der Waals surface area contributed by atoms with Crippen LogP contribution in [0.3, 0.4) is 0 Å². The molecule has 8 heteroatoms. The molecule has 0 aromatic heterocycles. The molecule has 4 fully saturated rings. The van der Waals surface area contributed by atoms with Crippen molar-refractivity contribution in [2.45, 2.75) is 55.4 Å². The first-order chi connectivity index (χ1) is 13.1. The van der Waals surface area contributed by atoms with Crippen molar-refractivity contribution in [3.8, 4) is 0 Å². The smallest absolute Gasteiger partial charge is 0.0748 e. The fourth-order valence-corrected chi connectivity index (χ4v) is 5.80. The molecule has 7 nitrogen and oxygen atoms in total. The molecule has 3 aliphatic heterocycles. The number of fused-ring (bicyclic) bond motifs is 1. The van der Waals surface area contributed by atoms with E-state index >= 15 is 0 Å². The van der Waals surface area contributed by atoms with Crippen molar-refractivity contribution in [3.05, 3.63) is 0 Å². The van der Waals surface area contributed by atoms with E-state index in [9.17, 15) is 5.11 Å². The SMILES string of the molecule is CN1CCOC[C@H]1CNC1NNC(C2CCC(Cl)CC2O)C2CCNCC12. The zero-order valence-electron chi connectivity index (χ0n) is 16.4. The number of nitrogens with one attached hydrogen (secondary N) is 4. The maximum absolute atomic E-state index is 10.6. The van der Waals surface area contributed by atoms with Crippen LogP contribution in [0, 0.1) is 17.8 Å². The lowest BCUT2D eigenvalue weighted by molar-refractivity contribution is -0.0255. The average Bonchev–Trinajstić information content (AvgIpc) is 2.68. The summed E-state index contributed by atoms with van der Waals surface area (Å²) in [5, 5.41) is 18.1. The third-order valence-corrected chi connectivity index (χ3v) is 7.64. The Kier molecular flexibility index (Phi) is 6.93. The number of rotatable bonds is 4. The fraction of sp³-hybridized carbons (Fsp3) is 1.00. The summed E-state index contributed by atoms with van der Waals surface area (Å²) >= 11 is 6.27. The molecule has 7 unspecified atom stereocenters. The molecule has 3 saturated heterocycles. The van der Waals surface area contributed by atoms with Crippen molar-refractivity contribution in [1.29, 1.82) is 0 Å². The highest BCUT2D eigenvalue weighted by Gasteiger charge is 2.46. The number of aliphatic hydroxyl groups is 1. The zero-order chi connectivity index (χ0) is 18.8. The number of hydrogen-bond donors (Lipinski definition) is 5. The molecule has 0 spiro atoms. The summed E-state index contributed by atoms with van der Waals surface area (Å²) < 4.78 is 5.65. The highest BCUT2D eigenvalue weighted by molar-refractivity contribution is 6.20. The van der Waals surface area contributed by atoms with Crippen LogP contribution in [0.25, 0.3) is 0 Å². The molecule has 8 atom stereocenters. The van der Waals surface area contributed by atoms with Crippen molar-refractivity contribution < 1.29 is 9.84 Å². The van der Waals surface area contributed by atoms with E-state index in [2.05, 4.69) is 33.4 Å². The van der Waals surface area contributed by atoms with Crippen LogP contribution in [-0.4, -0.2) is 86.2 Å². The Bertz CT molecular complexity index is 487. The Morgan fingerprint density at radius 1 is 1.19 bits per heavy atom. The van der Waals surface area contributed by atoms with E-state index in [-0.39, 0.29) is 23.6 Å². The number of nitrogens with zero attached hydrogens (tertiary/aromatic N) is 1. The summed E-state index contributed by atoms with van der Waals surface area (Å²) in [6.45, 7) is 5.63. The predicted molar refractivity (Wildman–Crippen MR) is 107 cm³/mol. The first-order valence-corrected chi connectivity index (χ1v) is 11.1. The third-order valence-electron chi connectivity index (χ3n) is 7.24. The molecule has 0 bridgehead atoms. The number of aliphatic hydroxyl groups excluding tert-OH is 1. The first kappa shape index (κ1) is 20.3. The number of hydrazine groups is 1. The Labute approximate surface area is 167 Å². The predicted octanol–water partition coefficient (Wildman–Crippen LogP) is -0.297. The van der Waals surface area contributed by atoms with Gasteiger partial charge in [-0.3, -0.25) is 15.6 Å². The van der Waals surface area contributed by atoms with Crippen molar-refractivity contribution in [3.63, 3.8) is 0 Å². The van der Waals surface area contributed by atoms with E-state index in [4.69, 9.17) is 16.3 Å².